The van der Waals surface area contributed by atoms with E-state index in [1.165, 1.54) is 0 Å². The number of likely N-dealkylation sites (tertiary alicyclic amines) is 1. The zero-order chi connectivity index (χ0) is 18.0. The number of nitrogens with two attached hydrogens (primary N) is 1. The Bertz CT molecular complexity index is 774. The van der Waals surface area contributed by atoms with Crippen molar-refractivity contribution in [3.63, 3.8) is 0 Å². The molecule has 10 heteroatoms. The van der Waals surface area contributed by atoms with E-state index in [0.717, 1.165) is 38.2 Å². The lowest BCUT2D eigenvalue weighted by atomic mass is 9.96. The number of alkyl halides is 1. The summed E-state index contributed by atoms with van der Waals surface area (Å²) in [5.74, 6) is 0.357. The third-order valence-electron chi connectivity index (χ3n) is 4.58. The molecule has 2 unspecified atom stereocenters. The van der Waals surface area contributed by atoms with Crippen LogP contribution in [0.2, 0.25) is 0 Å². The largest absolute Gasteiger partial charge is 0.476 e. The first kappa shape index (κ1) is 18.0. The summed E-state index contributed by atoms with van der Waals surface area (Å²) in [6.45, 7) is 2.34. The quantitative estimate of drug-likeness (QED) is 0.796. The van der Waals surface area contributed by atoms with E-state index in [2.05, 4.69) is 9.88 Å². The molecule has 136 valence electrons. The van der Waals surface area contributed by atoms with Gasteiger partial charge in [-0.05, 0) is 37.9 Å². The average Bonchev–Trinajstić information content (AvgIpc) is 2.58. The summed E-state index contributed by atoms with van der Waals surface area (Å²) in [7, 11) is -3.92. The van der Waals surface area contributed by atoms with Crippen LogP contribution >= 0.6 is 0 Å². The molecule has 2 saturated heterocycles. The lowest BCUT2D eigenvalue weighted by molar-refractivity contribution is -0.202. The molecule has 0 saturated carbocycles. The molecule has 2 aliphatic rings. The molecule has 3 rings (SSSR count). The van der Waals surface area contributed by atoms with Gasteiger partial charge in [-0.25, -0.2) is 22.9 Å². The molecule has 3 heterocycles. The summed E-state index contributed by atoms with van der Waals surface area (Å²) in [5.41, 5.74) is 0.0239. The number of piperidine rings is 1. The average molecular weight is 370 g/mol. The second-order valence-corrected chi connectivity index (χ2v) is 7.78. The zero-order valence-electron chi connectivity index (χ0n) is 13.5. The van der Waals surface area contributed by atoms with Gasteiger partial charge < -0.3 is 9.47 Å². The van der Waals surface area contributed by atoms with Crippen LogP contribution in [0.25, 0.3) is 0 Å². The smallest absolute Gasteiger partial charge is 0.239 e. The Morgan fingerprint density at radius 1 is 1.48 bits per heavy atom. The lowest BCUT2D eigenvalue weighted by Gasteiger charge is -2.43. The summed E-state index contributed by atoms with van der Waals surface area (Å²) in [5, 5.41) is 14.2. The van der Waals surface area contributed by atoms with Crippen molar-refractivity contribution in [2.75, 3.05) is 26.3 Å². The van der Waals surface area contributed by atoms with Crippen LogP contribution in [-0.4, -0.2) is 57.0 Å². The van der Waals surface area contributed by atoms with Crippen molar-refractivity contribution in [3.8, 4) is 11.9 Å². The Morgan fingerprint density at radius 2 is 2.20 bits per heavy atom. The summed E-state index contributed by atoms with van der Waals surface area (Å²) >= 11 is 0. The molecule has 0 amide bonds. The minimum atomic E-state index is -3.92. The Hall–Kier alpha value is -1.80. The highest BCUT2D eigenvalue weighted by Gasteiger charge is 2.38. The minimum Gasteiger partial charge on any atom is -0.476 e. The third-order valence-corrected chi connectivity index (χ3v) is 5.46. The van der Waals surface area contributed by atoms with Gasteiger partial charge in [-0.15, -0.1) is 0 Å². The van der Waals surface area contributed by atoms with Crippen molar-refractivity contribution in [1.29, 1.82) is 5.26 Å². The number of nitrogens with zero attached hydrogens (tertiary/aromatic N) is 3. The van der Waals surface area contributed by atoms with E-state index in [1.807, 2.05) is 6.07 Å². The molecule has 0 bridgehead atoms. The molecule has 2 aliphatic heterocycles. The van der Waals surface area contributed by atoms with E-state index in [0.29, 0.717) is 13.2 Å². The summed E-state index contributed by atoms with van der Waals surface area (Å²) in [6, 6.07) is 2.88. The van der Waals surface area contributed by atoms with E-state index in [4.69, 9.17) is 19.9 Å². The number of nitriles is 1. The van der Waals surface area contributed by atoms with Crippen LogP contribution in [0.15, 0.2) is 17.2 Å². The molecule has 8 nitrogen and oxygen atoms in total. The molecule has 1 aromatic heterocycles. The standard InChI is InChI=1S/C15H19FN4O4S/c16-14-13(9-23-14)20-3-1-10(2-4-20)8-24-15-11(6-17)5-12(7-19-15)25(18,21)22/h5,7,10,13-14H,1-4,8-9H2,(H2,18,21,22). The molecule has 2 fully saturated rings. The number of aromatic nitrogens is 1. The van der Waals surface area contributed by atoms with E-state index in [-0.39, 0.29) is 28.3 Å². The maximum absolute atomic E-state index is 13.3. The van der Waals surface area contributed by atoms with Crippen LogP contribution in [0.5, 0.6) is 5.88 Å². The van der Waals surface area contributed by atoms with Gasteiger partial charge in [-0.3, -0.25) is 4.90 Å². The van der Waals surface area contributed by atoms with Gasteiger partial charge in [0.25, 0.3) is 0 Å². The summed E-state index contributed by atoms with van der Waals surface area (Å²) < 4.78 is 46.2. The van der Waals surface area contributed by atoms with Crippen molar-refractivity contribution >= 4 is 10.0 Å². The van der Waals surface area contributed by atoms with Gasteiger partial charge in [0.15, 0.2) is 0 Å². The monoisotopic (exact) mass is 370 g/mol. The molecule has 2 atom stereocenters. The fraction of sp³-hybridized carbons (Fsp3) is 0.600. The number of hydrogen-bond donors (Lipinski definition) is 1. The van der Waals surface area contributed by atoms with Crippen molar-refractivity contribution in [1.82, 2.24) is 9.88 Å². The molecular weight excluding hydrogens is 351 g/mol. The van der Waals surface area contributed by atoms with Crippen molar-refractivity contribution in [2.24, 2.45) is 11.1 Å². The first-order chi connectivity index (χ1) is 11.9. The highest BCUT2D eigenvalue weighted by Crippen LogP contribution is 2.27. The fourth-order valence-corrected chi connectivity index (χ4v) is 3.44. The zero-order valence-corrected chi connectivity index (χ0v) is 14.3. The molecule has 0 spiro atoms. The number of hydrogen-bond acceptors (Lipinski definition) is 7. The lowest BCUT2D eigenvalue weighted by Crippen LogP contribution is -2.56. The van der Waals surface area contributed by atoms with Crippen LogP contribution in [0.3, 0.4) is 0 Å². The van der Waals surface area contributed by atoms with Crippen molar-refractivity contribution < 1.29 is 22.3 Å². The molecule has 2 N–H and O–H groups in total. The van der Waals surface area contributed by atoms with E-state index >= 15 is 0 Å². The maximum Gasteiger partial charge on any atom is 0.239 e. The van der Waals surface area contributed by atoms with E-state index in [9.17, 15) is 12.8 Å². The Morgan fingerprint density at radius 3 is 2.72 bits per heavy atom. The van der Waals surface area contributed by atoms with Gasteiger partial charge >= 0.3 is 0 Å². The number of rotatable bonds is 5. The van der Waals surface area contributed by atoms with Crippen LogP contribution in [-0.2, 0) is 14.8 Å². The predicted molar refractivity (Wildman–Crippen MR) is 84.8 cm³/mol. The number of halogens is 1. The molecule has 25 heavy (non-hydrogen) atoms. The highest BCUT2D eigenvalue weighted by atomic mass is 32.2. The maximum atomic E-state index is 13.3. The van der Waals surface area contributed by atoms with Crippen LogP contribution in [0.1, 0.15) is 18.4 Å². The third kappa shape index (κ3) is 4.07. The normalized spacial score (nSPS) is 25.2. The summed E-state index contributed by atoms with van der Waals surface area (Å²) in [6.07, 6.45) is 1.58. The van der Waals surface area contributed by atoms with Crippen LogP contribution < -0.4 is 9.88 Å². The van der Waals surface area contributed by atoms with Crippen molar-refractivity contribution in [2.45, 2.75) is 30.1 Å². The first-order valence-electron chi connectivity index (χ1n) is 7.94. The molecule has 1 aromatic rings. The van der Waals surface area contributed by atoms with Crippen LogP contribution in [0.4, 0.5) is 4.39 Å². The van der Waals surface area contributed by atoms with Gasteiger partial charge in [0.2, 0.25) is 22.3 Å². The van der Waals surface area contributed by atoms with Gasteiger partial charge in [0.05, 0.1) is 25.5 Å². The van der Waals surface area contributed by atoms with E-state index in [1.54, 1.807) is 0 Å². The first-order valence-corrected chi connectivity index (χ1v) is 9.48. The Labute approximate surface area is 145 Å². The number of pyridine rings is 1. The Balaban J connectivity index is 1.55. The van der Waals surface area contributed by atoms with E-state index < -0.39 is 16.4 Å². The SMILES string of the molecule is N#Cc1cc(S(N)(=O)=O)cnc1OCC1CCN(C2COC2F)CC1. The van der Waals surface area contributed by atoms with Gasteiger partial charge in [-0.1, -0.05) is 0 Å². The molecule has 0 aromatic carbocycles. The van der Waals surface area contributed by atoms with Gasteiger partial charge in [0, 0.05) is 0 Å². The molecule has 0 aliphatic carbocycles. The van der Waals surface area contributed by atoms with Crippen molar-refractivity contribution in [3.05, 3.63) is 17.8 Å². The second kappa shape index (κ2) is 7.21. The minimum absolute atomic E-state index is 0.0239. The molecule has 0 radical (unpaired) electrons. The van der Waals surface area contributed by atoms with Crippen LogP contribution in [0, 0.1) is 17.2 Å². The number of sulfonamides is 1. The van der Waals surface area contributed by atoms with Gasteiger partial charge in [0.1, 0.15) is 16.5 Å². The summed E-state index contributed by atoms with van der Waals surface area (Å²) in [4.78, 5) is 5.75. The Kier molecular flexibility index (Phi) is 5.19. The number of ether oxygens (including phenoxy) is 2. The predicted octanol–water partition coefficient (Wildman–Crippen LogP) is 0.386. The second-order valence-electron chi connectivity index (χ2n) is 6.22. The topological polar surface area (TPSA) is 119 Å². The van der Waals surface area contributed by atoms with Gasteiger partial charge in [-0.2, -0.15) is 5.26 Å². The molecular formula is C15H19FN4O4S. The highest BCUT2D eigenvalue weighted by molar-refractivity contribution is 7.89. The number of primary sulfonamides is 1. The fourth-order valence-electron chi connectivity index (χ4n) is 2.96.